The molecule has 3 fully saturated rings. The second-order valence-electron chi connectivity index (χ2n) is 22.4. The molecule has 2 aromatic carbocycles. The number of aliphatic carboxylic acids is 1. The zero-order valence-electron chi connectivity index (χ0n) is 49.1. The first-order valence-electron chi connectivity index (χ1n) is 29.4. The number of rotatable bonds is 17. The van der Waals surface area contributed by atoms with Crippen LogP contribution in [-0.4, -0.2) is 205 Å². The summed E-state index contributed by atoms with van der Waals surface area (Å²) >= 11 is 0. The first-order chi connectivity index (χ1) is 41.4. The van der Waals surface area contributed by atoms with Crippen LogP contribution in [0.1, 0.15) is 109 Å². The Hall–Kier alpha value is -8.28. The fourth-order valence-electron chi connectivity index (χ4n) is 10.6. The molecule has 2 aromatic rings. The lowest BCUT2D eigenvalue weighted by Crippen LogP contribution is -2.62. The maximum Gasteiger partial charge on any atom is 0.326 e. The van der Waals surface area contributed by atoms with Gasteiger partial charge in [-0.1, -0.05) is 82.0 Å². The Balaban J connectivity index is 1.55. The van der Waals surface area contributed by atoms with Crippen LogP contribution in [0.15, 0.2) is 54.6 Å². The minimum Gasteiger partial charge on any atom is -0.508 e. The number of fused-ring (bicyclic) bond motifs is 2. The van der Waals surface area contributed by atoms with Gasteiger partial charge < -0.3 is 89.3 Å². The molecule has 3 aliphatic heterocycles. The number of hydrogen-bond acceptors (Lipinski definition) is 17. The minimum absolute atomic E-state index is 0.0468. The molecule has 0 unspecified atom stereocenters. The van der Waals surface area contributed by atoms with Crippen molar-refractivity contribution in [3.05, 3.63) is 65.7 Å². The minimum atomic E-state index is -1.82. The summed E-state index contributed by atoms with van der Waals surface area (Å²) in [5.41, 5.74) is 12.2. The SMILES string of the molecule is CC[C@H](C)[C@@H]1NC(=O)[C@H](CO)NC(=O)[C@H](Cc2ccccc2)NC(=O)[C@H]([C@@H](C)O)NC(=O)[C@@H](NC(=O)[C@H](N)CO)CCCCC[C@@H](C(=O)N[C@@H](Cc2ccc(O)cc2)C(=O)O)NC(=O)[C@H](CCC(N)=O)NC(=O)[C@@H]2CCCN2C(=O)[C@@H]2CCCN2C1=O. The second-order valence-corrected chi connectivity index (χ2v) is 22.4. The molecule has 87 heavy (non-hydrogen) atoms. The maximum atomic E-state index is 14.7. The van der Waals surface area contributed by atoms with Crippen molar-refractivity contribution >= 4 is 70.9 Å². The molecular formula is C58H84N12O17. The molecule has 0 aromatic heterocycles. The van der Waals surface area contributed by atoms with Crippen LogP contribution in [0, 0.1) is 5.92 Å². The third-order valence-corrected chi connectivity index (χ3v) is 15.8. The van der Waals surface area contributed by atoms with Gasteiger partial charge in [0.1, 0.15) is 72.2 Å². The largest absolute Gasteiger partial charge is 0.508 e. The number of nitrogens with one attached hydrogen (secondary N) is 8. The highest BCUT2D eigenvalue weighted by Gasteiger charge is 2.46. The first-order valence-corrected chi connectivity index (χ1v) is 29.4. The molecule has 11 amide bonds. The number of aliphatic hydroxyl groups excluding tert-OH is 3. The molecule has 5 rings (SSSR count). The van der Waals surface area contributed by atoms with Gasteiger partial charge in [-0.2, -0.15) is 0 Å². The molecule has 17 N–H and O–H groups in total. The van der Waals surface area contributed by atoms with Crippen LogP contribution >= 0.6 is 0 Å². The molecule has 29 nitrogen and oxygen atoms in total. The molecule has 29 heteroatoms. The lowest BCUT2D eigenvalue weighted by molar-refractivity contribution is -0.149. The lowest BCUT2D eigenvalue weighted by atomic mass is 9.96. The highest BCUT2D eigenvalue weighted by atomic mass is 16.4. The fourth-order valence-corrected chi connectivity index (χ4v) is 10.6. The van der Waals surface area contributed by atoms with Crippen LogP contribution in [0.25, 0.3) is 0 Å². The predicted molar refractivity (Wildman–Crippen MR) is 309 cm³/mol. The number of nitrogens with zero attached hydrogens (tertiary/aromatic N) is 2. The van der Waals surface area contributed by atoms with Crippen LogP contribution in [0.4, 0.5) is 0 Å². The van der Waals surface area contributed by atoms with Crippen molar-refractivity contribution in [2.75, 3.05) is 26.3 Å². The molecule has 0 saturated carbocycles. The third kappa shape index (κ3) is 20.1. The van der Waals surface area contributed by atoms with E-state index in [2.05, 4.69) is 42.5 Å². The normalized spacial score (nSPS) is 25.9. The average Bonchev–Trinajstić information content (AvgIpc) is 2.22. The summed E-state index contributed by atoms with van der Waals surface area (Å²) in [6, 6.07) is -2.65. The van der Waals surface area contributed by atoms with E-state index in [1.807, 2.05) is 0 Å². The Morgan fingerprint density at radius 2 is 1.24 bits per heavy atom. The van der Waals surface area contributed by atoms with Crippen molar-refractivity contribution in [3.8, 4) is 5.75 Å². The summed E-state index contributed by atoms with van der Waals surface area (Å²) in [5.74, 6) is -12.2. The van der Waals surface area contributed by atoms with E-state index in [1.165, 1.54) is 34.1 Å². The Morgan fingerprint density at radius 1 is 0.655 bits per heavy atom. The molecule has 0 bridgehead atoms. The number of phenols is 1. The van der Waals surface area contributed by atoms with Crippen molar-refractivity contribution < 1.29 is 83.1 Å². The average molecular weight is 1220 g/mol. The fraction of sp³-hybridized carbons (Fsp3) is 0.586. The van der Waals surface area contributed by atoms with E-state index in [0.717, 1.165) is 6.92 Å². The zero-order valence-corrected chi connectivity index (χ0v) is 49.1. The summed E-state index contributed by atoms with van der Waals surface area (Å²) in [6.45, 7) is 2.88. The Morgan fingerprint density at radius 3 is 1.85 bits per heavy atom. The first kappa shape index (κ1) is 69.5. The van der Waals surface area contributed by atoms with Crippen molar-refractivity contribution in [2.45, 2.75) is 183 Å². The van der Waals surface area contributed by atoms with E-state index < -0.39 is 175 Å². The van der Waals surface area contributed by atoms with Gasteiger partial charge in [-0.3, -0.25) is 52.7 Å². The van der Waals surface area contributed by atoms with Gasteiger partial charge in [0.15, 0.2) is 0 Å². The number of phenolic OH excluding ortho intramolecular Hbond substituents is 1. The standard InChI is InChI=1S/C58H84N12O17/c1-4-31(2)46-57(85)70-26-12-18-44(70)56(84)69-25-11-17-43(69)54(82)63-39(23-24-45(60)75)50(78)62-37(49(77)65-41(58(86)87)28-34-19-21-35(74)22-20-34)15-9-6-10-16-38(61-48(76)36(59)29-71)51(79)68-47(32(3)73)55(83)64-40(27-33-13-7-5-8-14-33)52(80)66-42(30-72)53(81)67-46/h5,7-8,13-14,19-22,31-32,36-44,46-47,71-74H,4,6,9-12,15-18,23-30,59H2,1-3H3,(H2,60,75)(H,61,76)(H,62,78)(H,63,82)(H,64,83)(H,65,77)(H,66,80)(H,67,81)(H,68,79)(H,86,87)/t31-,32+,36+,37-,38-,39-,40-,41-,42-,43-,44-,46-,47-/m0/s1. The number of amides is 11. The Bertz CT molecular complexity index is 2760. The number of benzene rings is 2. The van der Waals surface area contributed by atoms with Gasteiger partial charge in [0.05, 0.1) is 19.3 Å². The summed E-state index contributed by atoms with van der Waals surface area (Å²) in [6.07, 6.45) is -1.93. The maximum absolute atomic E-state index is 14.7. The van der Waals surface area contributed by atoms with E-state index >= 15 is 0 Å². The summed E-state index contributed by atoms with van der Waals surface area (Å²) in [5, 5.41) is 71.4. The van der Waals surface area contributed by atoms with Crippen molar-refractivity contribution in [1.29, 1.82) is 0 Å². The van der Waals surface area contributed by atoms with E-state index in [1.54, 1.807) is 44.2 Å². The Labute approximate surface area is 503 Å². The third-order valence-electron chi connectivity index (χ3n) is 15.8. The van der Waals surface area contributed by atoms with Crippen LogP contribution in [0.5, 0.6) is 5.75 Å². The molecule has 3 aliphatic rings. The van der Waals surface area contributed by atoms with E-state index in [4.69, 9.17) is 11.5 Å². The van der Waals surface area contributed by atoms with Crippen molar-refractivity contribution in [2.24, 2.45) is 17.4 Å². The van der Waals surface area contributed by atoms with Gasteiger partial charge in [-0.25, -0.2) is 4.79 Å². The number of carbonyl (C=O) groups excluding carboxylic acids is 11. The number of aliphatic hydroxyl groups is 3. The van der Waals surface area contributed by atoms with Gasteiger partial charge in [-0.05, 0) is 81.0 Å². The van der Waals surface area contributed by atoms with E-state index in [9.17, 15) is 83.1 Å². The highest BCUT2D eigenvalue weighted by molar-refractivity contribution is 5.99. The number of carboxylic acids is 1. The van der Waals surface area contributed by atoms with Crippen molar-refractivity contribution in [3.63, 3.8) is 0 Å². The number of carboxylic acid groups (broad SMARTS) is 1. The zero-order chi connectivity index (χ0) is 64.1. The van der Waals surface area contributed by atoms with Gasteiger partial charge in [0.25, 0.3) is 0 Å². The number of hydrogen-bond donors (Lipinski definition) is 15. The number of carbonyl (C=O) groups is 12. The lowest BCUT2D eigenvalue weighted by Gasteiger charge is -2.35. The van der Waals surface area contributed by atoms with Gasteiger partial charge >= 0.3 is 5.97 Å². The number of aromatic hydroxyl groups is 1. The second kappa shape index (κ2) is 33.6. The monoisotopic (exact) mass is 1220 g/mol. The molecule has 0 aliphatic carbocycles. The van der Waals surface area contributed by atoms with Crippen molar-refractivity contribution in [1.82, 2.24) is 52.3 Å². The van der Waals surface area contributed by atoms with Crippen LogP contribution < -0.4 is 54.0 Å². The molecule has 13 atom stereocenters. The smallest absolute Gasteiger partial charge is 0.326 e. The molecule has 0 radical (unpaired) electrons. The van der Waals surface area contributed by atoms with E-state index in [0.29, 0.717) is 30.4 Å². The van der Waals surface area contributed by atoms with E-state index in [-0.39, 0.29) is 76.6 Å². The Kier molecular flexibility index (Phi) is 26.8. The number of nitrogens with two attached hydrogens (primary N) is 2. The molecule has 478 valence electrons. The highest BCUT2D eigenvalue weighted by Crippen LogP contribution is 2.27. The molecular weight excluding hydrogens is 1140 g/mol. The molecule has 3 heterocycles. The summed E-state index contributed by atoms with van der Waals surface area (Å²) < 4.78 is 0. The topological polar surface area (TPSA) is 461 Å². The summed E-state index contributed by atoms with van der Waals surface area (Å²) in [7, 11) is 0. The number of primary amides is 1. The summed E-state index contributed by atoms with van der Waals surface area (Å²) in [4.78, 5) is 170. The van der Waals surface area contributed by atoms with Crippen LogP contribution in [0.3, 0.4) is 0 Å². The molecule has 0 spiro atoms. The predicted octanol–water partition coefficient (Wildman–Crippen LogP) is -3.91. The quantitative estimate of drug-likeness (QED) is 0.0720. The van der Waals surface area contributed by atoms with Gasteiger partial charge in [-0.15, -0.1) is 0 Å². The van der Waals surface area contributed by atoms with Gasteiger partial charge in [0, 0.05) is 32.4 Å². The van der Waals surface area contributed by atoms with Gasteiger partial charge in [0.2, 0.25) is 65.0 Å². The van der Waals surface area contributed by atoms with Crippen LogP contribution in [0.2, 0.25) is 0 Å². The molecule has 3 saturated heterocycles. The van der Waals surface area contributed by atoms with Crippen LogP contribution in [-0.2, 0) is 70.4 Å².